The zero-order valence-electron chi connectivity index (χ0n) is 8.26. The average molecular weight is 183 g/mol. The second-order valence-electron chi connectivity index (χ2n) is 3.15. The maximum Gasteiger partial charge on any atom is 0.233 e. The predicted molar refractivity (Wildman–Crippen MR) is 51.0 cm³/mol. The van der Waals surface area contributed by atoms with Gasteiger partial charge in [0, 0.05) is 19.0 Å². The Kier molecular flexibility index (Phi) is 6.93. The molecule has 13 heavy (non-hydrogen) atoms. The van der Waals surface area contributed by atoms with Gasteiger partial charge in [-0.05, 0) is 6.42 Å². The van der Waals surface area contributed by atoms with Crippen LogP contribution >= 0.6 is 0 Å². The Morgan fingerprint density at radius 2 is 2.23 bits per heavy atom. The molecular formula is C9H17N3O. The van der Waals surface area contributed by atoms with Crippen LogP contribution in [0.2, 0.25) is 0 Å². The van der Waals surface area contributed by atoms with E-state index in [4.69, 9.17) is 5.26 Å². The molecule has 74 valence electrons. The van der Waals surface area contributed by atoms with Gasteiger partial charge in [-0.2, -0.15) is 5.26 Å². The summed E-state index contributed by atoms with van der Waals surface area (Å²) in [6.45, 7) is 4.92. The highest BCUT2D eigenvalue weighted by atomic mass is 16.1. The van der Waals surface area contributed by atoms with Crippen LogP contribution in [0.15, 0.2) is 0 Å². The van der Waals surface area contributed by atoms with Crippen LogP contribution in [0.5, 0.6) is 0 Å². The van der Waals surface area contributed by atoms with E-state index in [1.54, 1.807) is 0 Å². The molecule has 0 aliphatic heterocycles. The molecule has 0 unspecified atom stereocenters. The molecule has 0 radical (unpaired) electrons. The van der Waals surface area contributed by atoms with Gasteiger partial charge < -0.3 is 10.6 Å². The zero-order valence-corrected chi connectivity index (χ0v) is 8.26. The highest BCUT2D eigenvalue weighted by Gasteiger charge is 2.00. The Morgan fingerprint density at radius 1 is 1.54 bits per heavy atom. The quantitative estimate of drug-likeness (QED) is 0.586. The van der Waals surface area contributed by atoms with Gasteiger partial charge in [0.05, 0.1) is 12.6 Å². The molecule has 0 aliphatic carbocycles. The molecule has 1 amide bonds. The molecule has 0 atom stereocenters. The lowest BCUT2D eigenvalue weighted by Crippen LogP contribution is -2.37. The van der Waals surface area contributed by atoms with E-state index in [-0.39, 0.29) is 5.91 Å². The summed E-state index contributed by atoms with van der Waals surface area (Å²) in [7, 11) is 0. The van der Waals surface area contributed by atoms with E-state index in [1.165, 1.54) is 0 Å². The number of nitriles is 1. The molecule has 0 saturated heterocycles. The molecule has 0 aliphatic rings. The van der Waals surface area contributed by atoms with E-state index in [1.807, 2.05) is 19.9 Å². The van der Waals surface area contributed by atoms with Crippen molar-refractivity contribution in [2.24, 2.45) is 0 Å². The predicted octanol–water partition coefficient (Wildman–Crippen LogP) is 0.404. The van der Waals surface area contributed by atoms with E-state index in [9.17, 15) is 4.79 Å². The van der Waals surface area contributed by atoms with Crippen LogP contribution in [0.3, 0.4) is 0 Å². The minimum atomic E-state index is -0.00774. The monoisotopic (exact) mass is 183 g/mol. The second-order valence-corrected chi connectivity index (χ2v) is 3.15. The molecule has 2 N–H and O–H groups in total. The highest BCUT2D eigenvalue weighted by Crippen LogP contribution is 1.82. The number of carbonyl (C=O) groups excluding carboxylic acids is 1. The van der Waals surface area contributed by atoms with Gasteiger partial charge in [-0.3, -0.25) is 4.79 Å². The third-order valence-corrected chi connectivity index (χ3v) is 1.46. The molecule has 4 heteroatoms. The molecule has 0 rings (SSSR count). The standard InChI is InChI=1S/C9H17N3O/c1-8(2)12-7-9(13)11-6-4-3-5-10/h8,12H,3-4,6-7H2,1-2H3,(H,11,13). The van der Waals surface area contributed by atoms with Gasteiger partial charge in [0.15, 0.2) is 0 Å². The van der Waals surface area contributed by atoms with Gasteiger partial charge in [0.25, 0.3) is 0 Å². The number of amides is 1. The Bertz CT molecular complexity index is 184. The lowest BCUT2D eigenvalue weighted by Gasteiger charge is -2.07. The molecular weight excluding hydrogens is 166 g/mol. The topological polar surface area (TPSA) is 64.9 Å². The summed E-state index contributed by atoms with van der Waals surface area (Å²) in [5.41, 5.74) is 0. The van der Waals surface area contributed by atoms with Gasteiger partial charge in [-0.25, -0.2) is 0 Å². The first kappa shape index (κ1) is 11.9. The SMILES string of the molecule is CC(C)NCC(=O)NCCCC#N. The lowest BCUT2D eigenvalue weighted by atomic mass is 10.3. The number of hydrogen-bond donors (Lipinski definition) is 2. The first-order valence-corrected chi connectivity index (χ1v) is 4.54. The van der Waals surface area contributed by atoms with E-state index in [0.717, 1.165) is 6.42 Å². The van der Waals surface area contributed by atoms with Crippen molar-refractivity contribution in [2.45, 2.75) is 32.7 Å². The van der Waals surface area contributed by atoms with Crippen molar-refractivity contribution in [3.8, 4) is 6.07 Å². The smallest absolute Gasteiger partial charge is 0.233 e. The number of nitrogens with zero attached hydrogens (tertiary/aromatic N) is 1. The largest absolute Gasteiger partial charge is 0.355 e. The van der Waals surface area contributed by atoms with Crippen molar-refractivity contribution in [1.29, 1.82) is 5.26 Å². The van der Waals surface area contributed by atoms with Crippen molar-refractivity contribution in [3.63, 3.8) is 0 Å². The van der Waals surface area contributed by atoms with Crippen LogP contribution in [-0.4, -0.2) is 25.0 Å². The van der Waals surface area contributed by atoms with Crippen molar-refractivity contribution in [2.75, 3.05) is 13.1 Å². The van der Waals surface area contributed by atoms with Gasteiger partial charge in [-0.15, -0.1) is 0 Å². The first-order chi connectivity index (χ1) is 6.16. The van der Waals surface area contributed by atoms with E-state index in [2.05, 4.69) is 10.6 Å². The van der Waals surface area contributed by atoms with E-state index in [0.29, 0.717) is 25.6 Å². The molecule has 0 fully saturated rings. The third-order valence-electron chi connectivity index (χ3n) is 1.46. The van der Waals surface area contributed by atoms with E-state index >= 15 is 0 Å². The lowest BCUT2D eigenvalue weighted by molar-refractivity contribution is -0.120. The highest BCUT2D eigenvalue weighted by molar-refractivity contribution is 5.77. The summed E-state index contributed by atoms with van der Waals surface area (Å²) >= 11 is 0. The van der Waals surface area contributed by atoms with Gasteiger partial charge in [0.2, 0.25) is 5.91 Å². The van der Waals surface area contributed by atoms with Crippen LogP contribution in [0.4, 0.5) is 0 Å². The molecule has 0 aromatic carbocycles. The fourth-order valence-corrected chi connectivity index (χ4v) is 0.755. The van der Waals surface area contributed by atoms with Gasteiger partial charge >= 0.3 is 0 Å². The Labute approximate surface area is 79.3 Å². The fraction of sp³-hybridized carbons (Fsp3) is 0.778. The molecule has 0 saturated carbocycles. The summed E-state index contributed by atoms with van der Waals surface area (Å²) in [6.07, 6.45) is 1.22. The zero-order chi connectivity index (χ0) is 10.1. The summed E-state index contributed by atoms with van der Waals surface area (Å²) in [6, 6.07) is 2.35. The van der Waals surface area contributed by atoms with Gasteiger partial charge in [-0.1, -0.05) is 13.8 Å². The molecule has 4 nitrogen and oxygen atoms in total. The average Bonchev–Trinajstić information content (AvgIpc) is 2.09. The van der Waals surface area contributed by atoms with Crippen molar-refractivity contribution < 1.29 is 4.79 Å². The van der Waals surface area contributed by atoms with Crippen LogP contribution in [0.1, 0.15) is 26.7 Å². The van der Waals surface area contributed by atoms with Crippen molar-refractivity contribution >= 4 is 5.91 Å². The number of rotatable bonds is 6. The number of unbranched alkanes of at least 4 members (excludes halogenated alkanes) is 1. The summed E-state index contributed by atoms with van der Waals surface area (Å²) in [5, 5.41) is 14.0. The second kappa shape index (κ2) is 7.56. The molecule has 0 aromatic rings. The van der Waals surface area contributed by atoms with Crippen LogP contribution in [0, 0.1) is 11.3 Å². The molecule has 0 spiro atoms. The van der Waals surface area contributed by atoms with Crippen LogP contribution in [0.25, 0.3) is 0 Å². The van der Waals surface area contributed by atoms with Crippen LogP contribution in [-0.2, 0) is 4.79 Å². The van der Waals surface area contributed by atoms with E-state index < -0.39 is 0 Å². The number of hydrogen-bond acceptors (Lipinski definition) is 3. The first-order valence-electron chi connectivity index (χ1n) is 4.54. The maximum atomic E-state index is 11.1. The third kappa shape index (κ3) is 8.83. The fourth-order valence-electron chi connectivity index (χ4n) is 0.755. The minimum absolute atomic E-state index is 0.00774. The summed E-state index contributed by atoms with van der Waals surface area (Å²) in [4.78, 5) is 11.1. The Balaban J connectivity index is 3.26. The Hall–Kier alpha value is -1.08. The number of nitrogens with one attached hydrogen (secondary N) is 2. The maximum absolute atomic E-state index is 11.1. The van der Waals surface area contributed by atoms with Gasteiger partial charge in [0.1, 0.15) is 0 Å². The summed E-state index contributed by atoms with van der Waals surface area (Å²) < 4.78 is 0. The summed E-state index contributed by atoms with van der Waals surface area (Å²) in [5.74, 6) is -0.00774. The van der Waals surface area contributed by atoms with Crippen molar-refractivity contribution in [1.82, 2.24) is 10.6 Å². The molecule has 0 bridgehead atoms. The Morgan fingerprint density at radius 3 is 2.77 bits per heavy atom. The van der Waals surface area contributed by atoms with Crippen molar-refractivity contribution in [3.05, 3.63) is 0 Å². The number of carbonyl (C=O) groups is 1. The van der Waals surface area contributed by atoms with Crippen LogP contribution < -0.4 is 10.6 Å². The molecule has 0 aromatic heterocycles. The molecule has 0 heterocycles. The normalized spacial score (nSPS) is 9.69. The minimum Gasteiger partial charge on any atom is -0.355 e.